The number of nitro groups is 1. The molecule has 0 heterocycles. The van der Waals surface area contributed by atoms with E-state index in [0.29, 0.717) is 0 Å². The second-order valence-electron chi connectivity index (χ2n) is 2.09. The molecule has 0 aliphatic heterocycles. The normalized spacial score (nSPS) is 9.40. The van der Waals surface area contributed by atoms with E-state index in [1.54, 1.807) is 12.1 Å². The van der Waals surface area contributed by atoms with Gasteiger partial charge in [0.1, 0.15) is 0 Å². The molecule has 0 bridgehead atoms. The summed E-state index contributed by atoms with van der Waals surface area (Å²) in [6, 6.07) is 6.43. The minimum absolute atomic E-state index is 0.144. The van der Waals surface area contributed by atoms with Crippen LogP contribution in [-0.4, -0.2) is 22.6 Å². The van der Waals surface area contributed by atoms with Crippen molar-refractivity contribution in [3.8, 4) is 0 Å². The van der Waals surface area contributed by atoms with Crippen molar-refractivity contribution in [2.45, 2.75) is 0 Å². The molecule has 0 aliphatic rings. The molecule has 10 heavy (non-hydrogen) atoms. The molecule has 1 aromatic carbocycles. The van der Waals surface area contributed by atoms with Gasteiger partial charge in [-0.25, -0.2) is 0 Å². The predicted octanol–water partition coefficient (Wildman–Crippen LogP) is 0.389. The Labute approximate surface area is 67.4 Å². The van der Waals surface area contributed by atoms with Crippen molar-refractivity contribution >= 4 is 27.6 Å². The first-order valence-corrected chi connectivity index (χ1v) is 2.91. The van der Waals surface area contributed by atoms with Crippen LogP contribution in [-0.2, 0) is 0 Å². The average molecular weight is 129 g/mol. The Morgan fingerprint density at radius 2 is 1.80 bits per heavy atom. The molecule has 0 amide bonds. The molecule has 1 aromatic rings. The third-order valence-corrected chi connectivity index (χ3v) is 1.24. The van der Waals surface area contributed by atoms with Crippen molar-refractivity contribution in [2.75, 3.05) is 0 Å². The minimum atomic E-state index is -0.403. The zero-order valence-corrected chi connectivity index (χ0v) is 5.57. The Kier molecular flexibility index (Phi) is 2.10. The van der Waals surface area contributed by atoms with E-state index in [1.807, 2.05) is 17.7 Å². The van der Waals surface area contributed by atoms with E-state index < -0.39 is 4.92 Å². The molecule has 0 aliphatic carbocycles. The molecule has 0 spiro atoms. The molecule has 3 nitrogen and oxygen atoms in total. The summed E-state index contributed by atoms with van der Waals surface area (Å²) < 4.78 is 1.03. The van der Waals surface area contributed by atoms with Gasteiger partial charge in [-0.15, -0.1) is 0 Å². The van der Waals surface area contributed by atoms with Gasteiger partial charge >= 0.3 is 66.9 Å². The van der Waals surface area contributed by atoms with Gasteiger partial charge in [0.2, 0.25) is 0 Å². The van der Waals surface area contributed by atoms with Gasteiger partial charge in [0.25, 0.3) is 0 Å². The first-order valence-electron chi connectivity index (χ1n) is 2.91. The van der Waals surface area contributed by atoms with Gasteiger partial charge in [-0.05, 0) is 0 Å². The predicted molar refractivity (Wildman–Crippen MR) is 38.5 cm³/mol. The first-order chi connectivity index (χ1) is 4.70. The SMILES string of the molecule is [Li][c]1ccc([N+](=O)[O-])cc1. The molecule has 0 atom stereocenters. The molecule has 0 fully saturated rings. The van der Waals surface area contributed by atoms with Gasteiger partial charge in [0.15, 0.2) is 0 Å². The summed E-state index contributed by atoms with van der Waals surface area (Å²) >= 11 is 1.89. The zero-order valence-electron chi connectivity index (χ0n) is 5.57. The van der Waals surface area contributed by atoms with Crippen molar-refractivity contribution in [1.29, 1.82) is 0 Å². The van der Waals surface area contributed by atoms with Crippen LogP contribution >= 0.6 is 0 Å². The van der Waals surface area contributed by atoms with Crippen LogP contribution < -0.4 is 4.24 Å². The topological polar surface area (TPSA) is 43.1 Å². The van der Waals surface area contributed by atoms with Crippen molar-refractivity contribution in [1.82, 2.24) is 0 Å². The number of benzene rings is 1. The van der Waals surface area contributed by atoms with Crippen molar-refractivity contribution in [2.24, 2.45) is 0 Å². The number of nitro benzene ring substituents is 1. The van der Waals surface area contributed by atoms with E-state index >= 15 is 0 Å². The van der Waals surface area contributed by atoms with Crippen LogP contribution in [0.3, 0.4) is 0 Å². The van der Waals surface area contributed by atoms with E-state index in [1.165, 1.54) is 12.1 Å². The maximum absolute atomic E-state index is 10.1. The van der Waals surface area contributed by atoms with Gasteiger partial charge in [0.05, 0.1) is 0 Å². The Balaban J connectivity index is 3.00. The Hall–Kier alpha value is -0.783. The van der Waals surface area contributed by atoms with Crippen LogP contribution in [0.25, 0.3) is 0 Å². The molecule has 0 unspecified atom stereocenters. The number of hydrogen-bond donors (Lipinski definition) is 0. The van der Waals surface area contributed by atoms with E-state index in [0.717, 1.165) is 4.24 Å². The molecule has 0 N–H and O–H groups in total. The van der Waals surface area contributed by atoms with Crippen LogP contribution in [0.5, 0.6) is 0 Å². The number of nitrogens with zero attached hydrogens (tertiary/aromatic N) is 1. The standard InChI is InChI=1S/C6H4NO2.Li/c8-7(9)6-4-2-1-3-5-6;/h2-5H;. The van der Waals surface area contributed by atoms with E-state index in [2.05, 4.69) is 0 Å². The summed E-state index contributed by atoms with van der Waals surface area (Å²) in [5.41, 5.74) is 0.144. The monoisotopic (exact) mass is 129 g/mol. The second kappa shape index (κ2) is 2.87. The van der Waals surface area contributed by atoms with Gasteiger partial charge in [-0.1, -0.05) is 0 Å². The Morgan fingerprint density at radius 1 is 1.30 bits per heavy atom. The fourth-order valence-corrected chi connectivity index (χ4v) is 0.666. The number of rotatable bonds is 1. The molecule has 4 heteroatoms. The third-order valence-electron chi connectivity index (χ3n) is 1.24. The second-order valence-corrected chi connectivity index (χ2v) is 2.09. The van der Waals surface area contributed by atoms with Crippen LogP contribution in [0.2, 0.25) is 0 Å². The summed E-state index contributed by atoms with van der Waals surface area (Å²) in [4.78, 5) is 9.71. The molecule has 0 aromatic heterocycles. The van der Waals surface area contributed by atoms with Crippen molar-refractivity contribution < 1.29 is 4.92 Å². The molecular weight excluding hydrogens is 125 g/mol. The van der Waals surface area contributed by atoms with E-state index in [9.17, 15) is 10.1 Å². The first kappa shape index (κ1) is 7.33. The fourth-order valence-electron chi connectivity index (χ4n) is 0.666. The van der Waals surface area contributed by atoms with Gasteiger partial charge < -0.3 is 0 Å². The van der Waals surface area contributed by atoms with Crippen molar-refractivity contribution in [3.05, 3.63) is 34.4 Å². The number of non-ortho nitro benzene ring substituents is 1. The molecule has 0 saturated carbocycles. The average Bonchev–Trinajstić information content (AvgIpc) is 1.88. The van der Waals surface area contributed by atoms with Crippen LogP contribution in [0.1, 0.15) is 0 Å². The maximum atomic E-state index is 10.1. The summed E-state index contributed by atoms with van der Waals surface area (Å²) in [7, 11) is 0. The zero-order chi connectivity index (χ0) is 7.56. The van der Waals surface area contributed by atoms with Gasteiger partial charge in [-0.2, -0.15) is 0 Å². The molecular formula is C6H4LiNO2. The Bertz CT molecular complexity index is 244. The molecule has 0 saturated heterocycles. The van der Waals surface area contributed by atoms with Crippen LogP contribution in [0.4, 0.5) is 5.69 Å². The summed E-state index contributed by atoms with van der Waals surface area (Å²) in [6.45, 7) is 0. The molecule has 0 radical (unpaired) electrons. The van der Waals surface area contributed by atoms with Crippen LogP contribution in [0.15, 0.2) is 24.3 Å². The summed E-state index contributed by atoms with van der Waals surface area (Å²) in [5, 5.41) is 10.1. The van der Waals surface area contributed by atoms with Crippen molar-refractivity contribution in [3.63, 3.8) is 0 Å². The van der Waals surface area contributed by atoms with E-state index in [4.69, 9.17) is 0 Å². The third kappa shape index (κ3) is 1.60. The van der Waals surface area contributed by atoms with Gasteiger partial charge in [-0.3, -0.25) is 0 Å². The fraction of sp³-hybridized carbons (Fsp3) is 0. The van der Waals surface area contributed by atoms with Crippen LogP contribution in [0, 0.1) is 10.1 Å². The summed E-state index contributed by atoms with van der Waals surface area (Å²) in [6.07, 6.45) is 0. The molecule has 46 valence electrons. The quantitative estimate of drug-likeness (QED) is 0.312. The van der Waals surface area contributed by atoms with E-state index in [-0.39, 0.29) is 5.69 Å². The van der Waals surface area contributed by atoms with Gasteiger partial charge in [0, 0.05) is 0 Å². The Morgan fingerprint density at radius 3 is 2.20 bits per heavy atom. The molecule has 1 rings (SSSR count). The summed E-state index contributed by atoms with van der Waals surface area (Å²) in [5.74, 6) is 0. The number of hydrogen-bond acceptors (Lipinski definition) is 2.